The maximum Gasteiger partial charge on any atom is 0.0316 e. The molecule has 1 aliphatic heterocycles. The fraction of sp³-hybridized carbons (Fsp3) is 0.333. The first-order chi connectivity index (χ1) is 2.89. The summed E-state index contributed by atoms with van der Waals surface area (Å²) in [5, 5.41) is 2.01. The van der Waals surface area contributed by atoms with Crippen LogP contribution in [0, 0.1) is 0 Å². The molecule has 1 aliphatic rings. The number of allylic oxidation sites excluding steroid dienone is 1. The van der Waals surface area contributed by atoms with Gasteiger partial charge in [0.25, 0.3) is 0 Å². The molecule has 0 aliphatic carbocycles. The molecule has 0 amide bonds. The van der Waals surface area contributed by atoms with Gasteiger partial charge < -0.3 is 5.43 Å². The summed E-state index contributed by atoms with van der Waals surface area (Å²) in [4.78, 5) is 2.85. The van der Waals surface area contributed by atoms with E-state index in [-0.39, 0.29) is 0 Å². The van der Waals surface area contributed by atoms with Crippen molar-refractivity contribution in [1.29, 1.82) is 0 Å². The van der Waals surface area contributed by atoms with E-state index in [4.69, 9.17) is 0 Å². The van der Waals surface area contributed by atoms with Gasteiger partial charge in [0, 0.05) is 11.1 Å². The Morgan fingerprint density at radius 1 is 1.83 bits per heavy atom. The Bertz CT molecular complexity index is 78.9. The summed E-state index contributed by atoms with van der Waals surface area (Å²) in [6, 6.07) is 0. The van der Waals surface area contributed by atoms with Crippen LogP contribution in [0.5, 0.6) is 0 Å². The Morgan fingerprint density at radius 3 is 2.83 bits per heavy atom. The summed E-state index contributed by atoms with van der Waals surface area (Å²) in [6.45, 7) is 2.01. The molecule has 0 atom stereocenters. The van der Waals surface area contributed by atoms with Crippen molar-refractivity contribution in [3.8, 4) is 0 Å². The van der Waals surface area contributed by atoms with Crippen LogP contribution in [0.1, 0.15) is 6.92 Å². The second-order valence-corrected chi connectivity index (χ2v) is 1.82. The average molecular weight is 102 g/mol. The predicted molar refractivity (Wildman–Crippen MR) is 27.6 cm³/mol. The molecule has 3 heteroatoms. The van der Waals surface area contributed by atoms with E-state index in [2.05, 4.69) is 10.3 Å². The van der Waals surface area contributed by atoms with Crippen LogP contribution in [-0.4, -0.2) is 0 Å². The molecule has 0 bridgehead atoms. The summed E-state index contributed by atoms with van der Waals surface area (Å²) in [5.41, 5.74) is 4.07. The molecule has 0 aromatic carbocycles. The topological polar surface area (TPSA) is 24.1 Å². The highest BCUT2D eigenvalue weighted by Crippen LogP contribution is 2.03. The first-order valence-corrected chi connectivity index (χ1v) is 2.61. The van der Waals surface area contributed by atoms with Crippen LogP contribution in [0.25, 0.3) is 0 Å². The summed E-state index contributed by atoms with van der Waals surface area (Å²) < 4.78 is 0. The molecule has 0 aromatic heterocycles. The second-order valence-electron chi connectivity index (χ2n) is 1.15. The lowest BCUT2D eigenvalue weighted by atomic mass is 10.6. The fourth-order valence-electron chi connectivity index (χ4n) is 0.257. The molecular weight excluding hydrogens is 96.1 g/mol. The highest BCUT2D eigenvalue weighted by atomic mass is 32.2. The zero-order valence-corrected chi connectivity index (χ0v) is 4.30. The van der Waals surface area contributed by atoms with Crippen molar-refractivity contribution < 1.29 is 0 Å². The largest absolute Gasteiger partial charge is 0.315 e. The molecule has 1 heterocycles. The lowest BCUT2D eigenvalue weighted by Gasteiger charge is -1.89. The number of hydrazine groups is 1. The molecule has 0 saturated heterocycles. The maximum atomic E-state index is 2.89. The van der Waals surface area contributed by atoms with Crippen LogP contribution < -0.4 is 10.3 Å². The second kappa shape index (κ2) is 1.53. The van der Waals surface area contributed by atoms with Gasteiger partial charge in [-0.25, -0.2) is 0 Å². The number of nitrogens with one attached hydrogen (secondary N) is 2. The third-order valence-corrected chi connectivity index (χ3v) is 1.23. The van der Waals surface area contributed by atoms with E-state index in [1.807, 2.05) is 12.3 Å². The minimum Gasteiger partial charge on any atom is -0.315 e. The highest BCUT2D eigenvalue weighted by molar-refractivity contribution is 8.00. The third-order valence-electron chi connectivity index (χ3n) is 0.543. The number of hydrogen-bond donors (Lipinski definition) is 2. The third kappa shape index (κ3) is 0.666. The van der Waals surface area contributed by atoms with Gasteiger partial charge in [-0.15, -0.1) is 0 Å². The van der Waals surface area contributed by atoms with E-state index in [0.717, 1.165) is 0 Å². The Morgan fingerprint density at radius 2 is 2.67 bits per heavy atom. The van der Waals surface area contributed by atoms with Crippen molar-refractivity contribution >= 4 is 11.9 Å². The van der Waals surface area contributed by atoms with E-state index in [1.54, 1.807) is 11.9 Å². The Kier molecular flexibility index (Phi) is 1.03. The molecule has 2 N–H and O–H groups in total. The molecule has 0 radical (unpaired) electrons. The molecule has 34 valence electrons. The molecule has 6 heavy (non-hydrogen) atoms. The number of rotatable bonds is 0. The van der Waals surface area contributed by atoms with Gasteiger partial charge in [0.2, 0.25) is 0 Å². The Balaban J connectivity index is 2.45. The average Bonchev–Trinajstić information content (AvgIpc) is 1.86. The van der Waals surface area contributed by atoms with Gasteiger partial charge >= 0.3 is 0 Å². The molecule has 2 nitrogen and oxygen atoms in total. The fourth-order valence-corrected chi connectivity index (χ4v) is 0.772. The van der Waals surface area contributed by atoms with Crippen LogP contribution in [0.2, 0.25) is 0 Å². The van der Waals surface area contributed by atoms with Gasteiger partial charge in [-0.1, -0.05) is 0 Å². The van der Waals surface area contributed by atoms with E-state index in [1.165, 1.54) is 5.70 Å². The molecule has 0 unspecified atom stereocenters. The summed E-state index contributed by atoms with van der Waals surface area (Å²) >= 11 is 1.56. The van der Waals surface area contributed by atoms with E-state index >= 15 is 0 Å². The van der Waals surface area contributed by atoms with Gasteiger partial charge in [-0.3, -0.25) is 0 Å². The molecule has 0 fully saturated rings. The van der Waals surface area contributed by atoms with Crippen molar-refractivity contribution in [2.75, 3.05) is 0 Å². The van der Waals surface area contributed by atoms with Gasteiger partial charge in [0.1, 0.15) is 0 Å². The van der Waals surface area contributed by atoms with Crippen LogP contribution in [0.3, 0.4) is 0 Å². The SMILES string of the molecule is CC1=CSNN1. The Hall–Kier alpha value is -0.150. The Labute approximate surface area is 41.1 Å². The lowest BCUT2D eigenvalue weighted by molar-refractivity contribution is 0.834. The van der Waals surface area contributed by atoms with Crippen LogP contribution in [-0.2, 0) is 0 Å². The first kappa shape index (κ1) is 4.02. The summed E-state index contributed by atoms with van der Waals surface area (Å²) in [5.74, 6) is 0. The van der Waals surface area contributed by atoms with Crippen LogP contribution >= 0.6 is 11.9 Å². The first-order valence-electron chi connectivity index (χ1n) is 1.73. The van der Waals surface area contributed by atoms with Gasteiger partial charge in [-0.2, -0.15) is 4.83 Å². The zero-order chi connectivity index (χ0) is 4.41. The van der Waals surface area contributed by atoms with Crippen LogP contribution in [0.4, 0.5) is 0 Å². The van der Waals surface area contributed by atoms with E-state index in [9.17, 15) is 0 Å². The van der Waals surface area contributed by atoms with Crippen molar-refractivity contribution in [2.24, 2.45) is 0 Å². The van der Waals surface area contributed by atoms with Crippen molar-refractivity contribution in [3.05, 3.63) is 11.1 Å². The molecule has 0 spiro atoms. The normalized spacial score (nSPS) is 19.8. The van der Waals surface area contributed by atoms with Crippen LogP contribution in [0.15, 0.2) is 11.1 Å². The minimum atomic E-state index is 1.18. The highest BCUT2D eigenvalue weighted by Gasteiger charge is 1.91. The quantitative estimate of drug-likeness (QED) is 0.438. The lowest BCUT2D eigenvalue weighted by Crippen LogP contribution is -2.16. The summed E-state index contributed by atoms with van der Waals surface area (Å²) in [6.07, 6.45) is 0. The minimum absolute atomic E-state index is 1.18. The predicted octanol–water partition coefficient (Wildman–Crippen LogP) is 0.604. The van der Waals surface area contributed by atoms with Gasteiger partial charge in [0.15, 0.2) is 0 Å². The summed E-state index contributed by atoms with van der Waals surface area (Å²) in [7, 11) is 0. The standard InChI is InChI=1S/C3H6N2S/c1-3-2-6-5-4-3/h2,4-5H,1H3. The van der Waals surface area contributed by atoms with Crippen molar-refractivity contribution in [2.45, 2.75) is 6.92 Å². The van der Waals surface area contributed by atoms with Crippen molar-refractivity contribution in [1.82, 2.24) is 10.3 Å². The molecular formula is C3H6N2S. The molecule has 1 rings (SSSR count). The van der Waals surface area contributed by atoms with Gasteiger partial charge in [0.05, 0.1) is 0 Å². The molecule has 0 aromatic rings. The maximum absolute atomic E-state index is 2.89. The van der Waals surface area contributed by atoms with Crippen molar-refractivity contribution in [3.63, 3.8) is 0 Å². The smallest absolute Gasteiger partial charge is 0.0316 e. The van der Waals surface area contributed by atoms with Gasteiger partial charge in [-0.05, 0) is 18.9 Å². The van der Waals surface area contributed by atoms with E-state index < -0.39 is 0 Å². The number of hydrogen-bond acceptors (Lipinski definition) is 3. The molecule has 0 saturated carbocycles. The monoisotopic (exact) mass is 102 g/mol. The van der Waals surface area contributed by atoms with E-state index in [0.29, 0.717) is 0 Å². The zero-order valence-electron chi connectivity index (χ0n) is 3.49.